The van der Waals surface area contributed by atoms with Crippen molar-refractivity contribution < 1.29 is 0 Å². The topological polar surface area (TPSA) is 51.8 Å². The molecule has 0 aliphatic heterocycles. The zero-order valence-electron chi connectivity index (χ0n) is 7.84. The molecule has 0 atom stereocenters. The zero-order chi connectivity index (χ0) is 10.1. The summed E-state index contributed by atoms with van der Waals surface area (Å²) in [6.45, 7) is 6.30. The van der Waals surface area contributed by atoms with Gasteiger partial charge in [-0.2, -0.15) is 0 Å². The van der Waals surface area contributed by atoms with Crippen molar-refractivity contribution in [1.29, 1.82) is 0 Å². The maximum atomic E-state index is 5.73. The number of nitrogens with two attached hydrogens (primary N) is 1. The largest absolute Gasteiger partial charge is 0.368 e. The first-order valence-electron chi connectivity index (χ1n) is 3.86. The van der Waals surface area contributed by atoms with Gasteiger partial charge in [0, 0.05) is 10.8 Å². The third-order valence-electron chi connectivity index (χ3n) is 1.10. The van der Waals surface area contributed by atoms with E-state index in [1.165, 1.54) is 0 Å². The Morgan fingerprint density at radius 2 is 2.00 bits per heavy atom. The van der Waals surface area contributed by atoms with Crippen molar-refractivity contribution in [2.75, 3.05) is 5.73 Å². The number of hydrogen-bond donors (Lipinski definition) is 1. The molecule has 2 N–H and O–H groups in total. The molecule has 1 aromatic rings. The molecule has 0 spiro atoms. The molecule has 72 valence electrons. The van der Waals surface area contributed by atoms with Gasteiger partial charge in [0.1, 0.15) is 10.2 Å². The van der Waals surface area contributed by atoms with Gasteiger partial charge in [0.25, 0.3) is 0 Å². The number of thioether (sulfide) groups is 1. The van der Waals surface area contributed by atoms with Crippen molar-refractivity contribution in [3.05, 3.63) is 11.2 Å². The van der Waals surface area contributed by atoms with Gasteiger partial charge >= 0.3 is 0 Å². The minimum absolute atomic E-state index is 0.101. The molecule has 0 aliphatic rings. The summed E-state index contributed by atoms with van der Waals surface area (Å²) in [7, 11) is 0. The molecule has 5 heteroatoms. The standard InChI is InChI=1S/C8H12ClN3S/c1-8(2,3)13-6-4-5(9)11-7(10)12-6/h4H,1-3H3,(H2,10,11,12). The van der Waals surface area contributed by atoms with Crippen LogP contribution >= 0.6 is 23.4 Å². The van der Waals surface area contributed by atoms with Crippen molar-refractivity contribution in [2.24, 2.45) is 0 Å². The van der Waals surface area contributed by atoms with Gasteiger partial charge in [-0.05, 0) is 0 Å². The van der Waals surface area contributed by atoms with Crippen LogP contribution < -0.4 is 5.73 Å². The number of nitrogen functional groups attached to an aromatic ring is 1. The molecule has 0 bridgehead atoms. The monoisotopic (exact) mass is 217 g/mol. The van der Waals surface area contributed by atoms with Gasteiger partial charge in [0.2, 0.25) is 5.95 Å². The normalized spacial score (nSPS) is 11.7. The summed E-state index contributed by atoms with van der Waals surface area (Å²) in [4.78, 5) is 7.85. The summed E-state index contributed by atoms with van der Waals surface area (Å²) in [5.41, 5.74) is 5.46. The molecular formula is C8H12ClN3S. The Kier molecular flexibility index (Phi) is 3.03. The van der Waals surface area contributed by atoms with E-state index in [0.29, 0.717) is 5.15 Å². The maximum Gasteiger partial charge on any atom is 0.222 e. The van der Waals surface area contributed by atoms with Gasteiger partial charge in [-0.15, -0.1) is 11.8 Å². The van der Waals surface area contributed by atoms with Gasteiger partial charge in [0.15, 0.2) is 0 Å². The van der Waals surface area contributed by atoms with Crippen molar-refractivity contribution in [3.8, 4) is 0 Å². The molecule has 0 amide bonds. The second kappa shape index (κ2) is 3.72. The van der Waals surface area contributed by atoms with Crippen LogP contribution in [0.4, 0.5) is 5.95 Å². The van der Waals surface area contributed by atoms with Crippen molar-refractivity contribution >= 4 is 29.3 Å². The SMILES string of the molecule is CC(C)(C)Sc1cc(Cl)nc(N)n1. The first kappa shape index (κ1) is 10.6. The van der Waals surface area contributed by atoms with Crippen LogP contribution in [-0.2, 0) is 0 Å². The van der Waals surface area contributed by atoms with Crippen LogP contribution in [0.25, 0.3) is 0 Å². The van der Waals surface area contributed by atoms with Crippen molar-refractivity contribution in [1.82, 2.24) is 9.97 Å². The first-order valence-corrected chi connectivity index (χ1v) is 5.05. The van der Waals surface area contributed by atoms with E-state index >= 15 is 0 Å². The highest BCUT2D eigenvalue weighted by atomic mass is 35.5. The molecule has 1 rings (SSSR count). The molecule has 0 fully saturated rings. The molecule has 0 saturated heterocycles. The minimum Gasteiger partial charge on any atom is -0.368 e. The van der Waals surface area contributed by atoms with E-state index < -0.39 is 0 Å². The van der Waals surface area contributed by atoms with Crippen molar-refractivity contribution in [2.45, 2.75) is 30.5 Å². The number of rotatable bonds is 1. The Bertz CT molecular complexity index is 288. The lowest BCUT2D eigenvalue weighted by Crippen LogP contribution is -2.08. The van der Waals surface area contributed by atoms with Gasteiger partial charge in [-0.3, -0.25) is 0 Å². The van der Waals surface area contributed by atoms with Crippen LogP contribution in [0.5, 0.6) is 0 Å². The number of aromatic nitrogens is 2. The van der Waals surface area contributed by atoms with E-state index in [-0.39, 0.29) is 10.7 Å². The van der Waals surface area contributed by atoms with Crippen LogP contribution in [0.15, 0.2) is 11.1 Å². The van der Waals surface area contributed by atoms with E-state index in [1.807, 2.05) is 0 Å². The number of halogens is 1. The predicted octanol–water partition coefficient (Wildman–Crippen LogP) is 2.60. The Labute approximate surface area is 87.1 Å². The summed E-state index contributed by atoms with van der Waals surface area (Å²) in [6, 6.07) is 1.72. The van der Waals surface area contributed by atoms with Crippen LogP contribution in [0.2, 0.25) is 5.15 Å². The highest BCUT2D eigenvalue weighted by Crippen LogP contribution is 2.31. The van der Waals surface area contributed by atoms with E-state index in [2.05, 4.69) is 30.7 Å². The van der Waals surface area contributed by atoms with E-state index in [1.54, 1.807) is 17.8 Å². The zero-order valence-corrected chi connectivity index (χ0v) is 9.41. The highest BCUT2D eigenvalue weighted by molar-refractivity contribution is 8.00. The molecule has 0 radical (unpaired) electrons. The number of nitrogens with zero attached hydrogens (tertiary/aromatic N) is 2. The average Bonchev–Trinajstić information content (AvgIpc) is 1.78. The van der Waals surface area contributed by atoms with Gasteiger partial charge < -0.3 is 5.73 Å². The maximum absolute atomic E-state index is 5.73. The molecule has 0 unspecified atom stereocenters. The third kappa shape index (κ3) is 3.83. The molecule has 0 aromatic carbocycles. The van der Waals surface area contributed by atoms with E-state index in [4.69, 9.17) is 17.3 Å². The van der Waals surface area contributed by atoms with Gasteiger partial charge in [-0.25, -0.2) is 9.97 Å². The lowest BCUT2D eigenvalue weighted by Gasteiger charge is -2.16. The smallest absolute Gasteiger partial charge is 0.222 e. The predicted molar refractivity (Wildman–Crippen MR) is 57.1 cm³/mol. The quantitative estimate of drug-likeness (QED) is 0.581. The fraction of sp³-hybridized carbons (Fsp3) is 0.500. The van der Waals surface area contributed by atoms with Crippen LogP contribution in [0.3, 0.4) is 0 Å². The van der Waals surface area contributed by atoms with Gasteiger partial charge in [-0.1, -0.05) is 32.4 Å². The number of hydrogen-bond acceptors (Lipinski definition) is 4. The first-order chi connectivity index (χ1) is 5.87. The second-order valence-electron chi connectivity index (χ2n) is 3.60. The summed E-state index contributed by atoms with van der Waals surface area (Å²) in [6.07, 6.45) is 0. The Hall–Kier alpha value is -0.480. The number of anilines is 1. The fourth-order valence-corrected chi connectivity index (χ4v) is 1.97. The molecule has 0 aliphatic carbocycles. The molecule has 1 heterocycles. The van der Waals surface area contributed by atoms with Gasteiger partial charge in [0.05, 0.1) is 0 Å². The minimum atomic E-state index is 0.101. The fourth-order valence-electron chi connectivity index (χ4n) is 0.780. The van der Waals surface area contributed by atoms with Crippen molar-refractivity contribution in [3.63, 3.8) is 0 Å². The third-order valence-corrected chi connectivity index (χ3v) is 2.32. The summed E-state index contributed by atoms with van der Waals surface area (Å²) < 4.78 is 0.101. The van der Waals surface area contributed by atoms with Crippen LogP contribution in [0.1, 0.15) is 20.8 Å². The lowest BCUT2D eigenvalue weighted by atomic mass is 10.3. The molecule has 3 nitrogen and oxygen atoms in total. The Morgan fingerprint density at radius 1 is 1.38 bits per heavy atom. The van der Waals surface area contributed by atoms with E-state index in [0.717, 1.165) is 5.03 Å². The molecular weight excluding hydrogens is 206 g/mol. The lowest BCUT2D eigenvalue weighted by molar-refractivity contribution is 0.799. The molecule has 0 saturated carbocycles. The molecule has 13 heavy (non-hydrogen) atoms. The average molecular weight is 218 g/mol. The summed E-state index contributed by atoms with van der Waals surface area (Å²) >= 11 is 7.35. The highest BCUT2D eigenvalue weighted by Gasteiger charge is 2.13. The van der Waals surface area contributed by atoms with E-state index in [9.17, 15) is 0 Å². The summed E-state index contributed by atoms with van der Waals surface area (Å²) in [5, 5.41) is 1.20. The summed E-state index contributed by atoms with van der Waals surface area (Å²) in [5.74, 6) is 0.222. The second-order valence-corrected chi connectivity index (χ2v) is 5.84. The Balaban J connectivity index is 2.90. The Morgan fingerprint density at radius 3 is 2.46 bits per heavy atom. The molecule has 1 aromatic heterocycles. The van der Waals surface area contributed by atoms with Crippen LogP contribution in [0, 0.1) is 0 Å². The van der Waals surface area contributed by atoms with Crippen LogP contribution in [-0.4, -0.2) is 14.7 Å².